The van der Waals surface area contributed by atoms with Crippen molar-refractivity contribution in [1.82, 2.24) is 4.31 Å². The average molecular weight is 437 g/mol. The lowest BCUT2D eigenvalue weighted by atomic mass is 10.0. The lowest BCUT2D eigenvalue weighted by Gasteiger charge is -2.32. The molecule has 3 aliphatic rings. The van der Waals surface area contributed by atoms with Gasteiger partial charge in [0.05, 0.1) is 17.6 Å². The van der Waals surface area contributed by atoms with Crippen LogP contribution in [0.4, 0.5) is 5.69 Å². The van der Waals surface area contributed by atoms with Crippen molar-refractivity contribution in [2.45, 2.75) is 69.0 Å². The van der Waals surface area contributed by atoms with E-state index in [0.29, 0.717) is 31.1 Å². The molecular weight excluding hydrogens is 404 g/mol. The van der Waals surface area contributed by atoms with E-state index in [9.17, 15) is 13.2 Å². The van der Waals surface area contributed by atoms with Gasteiger partial charge in [0, 0.05) is 31.9 Å². The van der Waals surface area contributed by atoms with Crippen LogP contribution >= 0.6 is 0 Å². The van der Waals surface area contributed by atoms with Gasteiger partial charge in [0.15, 0.2) is 0 Å². The summed E-state index contributed by atoms with van der Waals surface area (Å²) in [7, 11) is -3.46. The van der Waals surface area contributed by atoms with Crippen molar-refractivity contribution in [2.24, 2.45) is 0 Å². The van der Waals surface area contributed by atoms with E-state index in [4.69, 9.17) is 9.47 Å². The van der Waals surface area contributed by atoms with Gasteiger partial charge in [0.25, 0.3) is 5.91 Å². The molecule has 1 aromatic rings. The molecule has 3 heterocycles. The Balaban J connectivity index is 1.45. The SMILES string of the molecule is CC(OCC1CCCCO1)C(=O)N1CCCc2cc(S(=O)(=O)N3CCCC3)ccc21. The molecule has 1 aromatic carbocycles. The van der Waals surface area contributed by atoms with E-state index in [1.54, 1.807) is 34.3 Å². The van der Waals surface area contributed by atoms with Crippen LogP contribution in [0.5, 0.6) is 0 Å². The molecular formula is C22H32N2O5S. The molecule has 0 N–H and O–H groups in total. The summed E-state index contributed by atoms with van der Waals surface area (Å²) >= 11 is 0. The summed E-state index contributed by atoms with van der Waals surface area (Å²) in [5, 5.41) is 0. The summed E-state index contributed by atoms with van der Waals surface area (Å²) in [5.74, 6) is -0.0816. The van der Waals surface area contributed by atoms with Gasteiger partial charge >= 0.3 is 0 Å². The van der Waals surface area contributed by atoms with Gasteiger partial charge < -0.3 is 14.4 Å². The molecule has 0 aromatic heterocycles. The second kappa shape index (κ2) is 9.34. The van der Waals surface area contributed by atoms with Crippen molar-refractivity contribution in [3.05, 3.63) is 23.8 Å². The summed E-state index contributed by atoms with van der Waals surface area (Å²) in [5.41, 5.74) is 1.72. The predicted octanol–water partition coefficient (Wildman–Crippen LogP) is 2.72. The molecule has 0 spiro atoms. The van der Waals surface area contributed by atoms with E-state index in [0.717, 1.165) is 62.8 Å². The second-order valence-corrected chi connectivity index (χ2v) is 10.4. The normalized spacial score (nSPS) is 23.9. The minimum atomic E-state index is -3.46. The van der Waals surface area contributed by atoms with Crippen molar-refractivity contribution in [1.29, 1.82) is 0 Å². The number of carbonyl (C=O) groups is 1. The number of amides is 1. The maximum Gasteiger partial charge on any atom is 0.255 e. The van der Waals surface area contributed by atoms with E-state index >= 15 is 0 Å². The first-order valence-corrected chi connectivity index (χ1v) is 12.6. The first kappa shape index (κ1) is 21.7. The standard InChI is InChI=1S/C22H32N2O5S/c1-17(29-16-19-8-2-5-14-28-19)22(25)24-13-6-7-18-15-20(9-10-21(18)24)30(26,27)23-11-3-4-12-23/h9-10,15,17,19H,2-8,11-14,16H2,1H3. The number of rotatable bonds is 6. The highest BCUT2D eigenvalue weighted by molar-refractivity contribution is 7.89. The van der Waals surface area contributed by atoms with E-state index in [-0.39, 0.29) is 12.0 Å². The summed E-state index contributed by atoms with van der Waals surface area (Å²) < 4.78 is 38.9. The molecule has 0 aliphatic carbocycles. The van der Waals surface area contributed by atoms with Gasteiger partial charge in [-0.25, -0.2) is 8.42 Å². The number of hydrogen-bond donors (Lipinski definition) is 0. The molecule has 2 unspecified atom stereocenters. The van der Waals surface area contributed by atoms with Crippen molar-refractivity contribution in [3.63, 3.8) is 0 Å². The van der Waals surface area contributed by atoms with Gasteiger partial charge in [-0.2, -0.15) is 4.31 Å². The molecule has 1 amide bonds. The fraction of sp³-hybridized carbons (Fsp3) is 0.682. The topological polar surface area (TPSA) is 76.1 Å². The Morgan fingerprint density at radius 2 is 1.97 bits per heavy atom. The molecule has 30 heavy (non-hydrogen) atoms. The van der Waals surface area contributed by atoms with Crippen LogP contribution in [0.15, 0.2) is 23.1 Å². The number of sulfonamides is 1. The highest BCUT2D eigenvalue weighted by Gasteiger charge is 2.31. The summed E-state index contributed by atoms with van der Waals surface area (Å²) in [6, 6.07) is 5.18. The highest BCUT2D eigenvalue weighted by Crippen LogP contribution is 2.32. The Morgan fingerprint density at radius 3 is 2.70 bits per heavy atom. The zero-order chi connectivity index (χ0) is 21.1. The number of fused-ring (bicyclic) bond motifs is 1. The van der Waals surface area contributed by atoms with E-state index in [2.05, 4.69) is 0 Å². The number of benzene rings is 1. The second-order valence-electron chi connectivity index (χ2n) is 8.46. The van der Waals surface area contributed by atoms with Crippen LogP contribution in [-0.4, -0.2) is 63.7 Å². The van der Waals surface area contributed by atoms with Crippen LogP contribution in [0.1, 0.15) is 51.0 Å². The fourth-order valence-corrected chi connectivity index (χ4v) is 6.09. The molecule has 0 bridgehead atoms. The number of hydrogen-bond acceptors (Lipinski definition) is 5. The quantitative estimate of drug-likeness (QED) is 0.685. The number of nitrogens with zero attached hydrogens (tertiary/aromatic N) is 2. The maximum absolute atomic E-state index is 13.1. The number of aryl methyl sites for hydroxylation is 1. The number of ether oxygens (including phenoxy) is 2. The Hall–Kier alpha value is -1.48. The minimum Gasteiger partial charge on any atom is -0.376 e. The van der Waals surface area contributed by atoms with Gasteiger partial charge in [0.2, 0.25) is 10.0 Å². The first-order valence-electron chi connectivity index (χ1n) is 11.1. The van der Waals surface area contributed by atoms with E-state index in [1.807, 2.05) is 0 Å². The first-order chi connectivity index (χ1) is 14.5. The largest absolute Gasteiger partial charge is 0.376 e. The fourth-order valence-electron chi connectivity index (χ4n) is 4.52. The van der Waals surface area contributed by atoms with Crippen molar-refractivity contribution < 1.29 is 22.7 Å². The molecule has 3 aliphatic heterocycles. The minimum absolute atomic E-state index is 0.0704. The van der Waals surface area contributed by atoms with E-state index in [1.165, 1.54) is 0 Å². The van der Waals surface area contributed by atoms with Gasteiger partial charge in [-0.05, 0) is 75.6 Å². The van der Waals surface area contributed by atoms with Crippen molar-refractivity contribution >= 4 is 21.6 Å². The third kappa shape index (κ3) is 4.56. The third-order valence-electron chi connectivity index (χ3n) is 6.29. The maximum atomic E-state index is 13.1. The molecule has 8 heteroatoms. The van der Waals surface area contributed by atoms with Crippen LogP contribution in [-0.2, 0) is 30.7 Å². The predicted molar refractivity (Wildman–Crippen MR) is 114 cm³/mol. The summed E-state index contributed by atoms with van der Waals surface area (Å²) in [4.78, 5) is 15.1. The van der Waals surface area contributed by atoms with Crippen LogP contribution in [0.25, 0.3) is 0 Å². The molecule has 2 atom stereocenters. The lowest BCUT2D eigenvalue weighted by Crippen LogP contribution is -2.43. The molecule has 0 saturated carbocycles. The van der Waals surface area contributed by atoms with E-state index < -0.39 is 16.1 Å². The number of anilines is 1. The van der Waals surface area contributed by atoms with Crippen LogP contribution < -0.4 is 4.90 Å². The zero-order valence-corrected chi connectivity index (χ0v) is 18.5. The van der Waals surface area contributed by atoms with Crippen LogP contribution in [0.3, 0.4) is 0 Å². The molecule has 2 saturated heterocycles. The van der Waals surface area contributed by atoms with Gasteiger partial charge in [0.1, 0.15) is 6.10 Å². The van der Waals surface area contributed by atoms with Gasteiger partial charge in [-0.3, -0.25) is 4.79 Å². The average Bonchev–Trinajstić information content (AvgIpc) is 3.33. The lowest BCUT2D eigenvalue weighted by molar-refractivity contribution is -0.132. The zero-order valence-electron chi connectivity index (χ0n) is 17.7. The molecule has 7 nitrogen and oxygen atoms in total. The summed E-state index contributed by atoms with van der Waals surface area (Å²) in [6.07, 6.45) is 6.12. The Labute approximate surface area is 179 Å². The summed E-state index contributed by atoms with van der Waals surface area (Å²) in [6.45, 7) is 4.77. The smallest absolute Gasteiger partial charge is 0.255 e. The molecule has 0 radical (unpaired) electrons. The van der Waals surface area contributed by atoms with Crippen LogP contribution in [0.2, 0.25) is 0 Å². The van der Waals surface area contributed by atoms with Gasteiger partial charge in [-0.1, -0.05) is 0 Å². The molecule has 2 fully saturated rings. The molecule has 4 rings (SSSR count). The van der Waals surface area contributed by atoms with Crippen molar-refractivity contribution in [2.75, 3.05) is 37.7 Å². The van der Waals surface area contributed by atoms with Crippen molar-refractivity contribution in [3.8, 4) is 0 Å². The molecule has 166 valence electrons. The highest BCUT2D eigenvalue weighted by atomic mass is 32.2. The Bertz CT molecular complexity index is 860. The number of carbonyl (C=O) groups excluding carboxylic acids is 1. The van der Waals surface area contributed by atoms with Crippen LogP contribution in [0, 0.1) is 0 Å². The Morgan fingerprint density at radius 1 is 1.17 bits per heavy atom. The Kier molecular flexibility index (Phi) is 6.77. The van der Waals surface area contributed by atoms with Gasteiger partial charge in [-0.15, -0.1) is 0 Å². The monoisotopic (exact) mass is 436 g/mol. The third-order valence-corrected chi connectivity index (χ3v) is 8.19.